The highest BCUT2D eigenvalue weighted by Gasteiger charge is 2.37. The molecule has 2 saturated heterocycles. The molecule has 2 amide bonds. The predicted molar refractivity (Wildman–Crippen MR) is 102 cm³/mol. The summed E-state index contributed by atoms with van der Waals surface area (Å²) in [6, 6.07) is 6.17. The van der Waals surface area contributed by atoms with E-state index in [9.17, 15) is 9.59 Å². The topological polar surface area (TPSA) is 49.9 Å². The number of ether oxygens (including phenoxy) is 1. The molecule has 1 atom stereocenters. The number of thioether (sulfide) groups is 1. The zero-order chi connectivity index (χ0) is 18.0. The Morgan fingerprint density at radius 3 is 2.64 bits per heavy atom. The Balaban J connectivity index is 1.81. The van der Waals surface area contributed by atoms with Crippen molar-refractivity contribution in [2.45, 2.75) is 33.2 Å². The molecule has 134 valence electrons. The molecule has 0 aromatic heterocycles. The van der Waals surface area contributed by atoms with Crippen molar-refractivity contribution in [2.75, 3.05) is 31.2 Å². The lowest BCUT2D eigenvalue weighted by Gasteiger charge is -2.29. The number of morpholine rings is 1. The van der Waals surface area contributed by atoms with Gasteiger partial charge in [0.1, 0.15) is 0 Å². The zero-order valence-corrected chi connectivity index (χ0v) is 15.8. The fourth-order valence-electron chi connectivity index (χ4n) is 3.02. The predicted octanol–water partition coefficient (Wildman–Crippen LogP) is 3.67. The number of aryl methyl sites for hydroxylation is 1. The third-order valence-corrected chi connectivity index (χ3v) is 5.66. The molecule has 6 heteroatoms. The van der Waals surface area contributed by atoms with E-state index < -0.39 is 0 Å². The minimum atomic E-state index is -0.180. The second-order valence-corrected chi connectivity index (χ2v) is 7.44. The largest absolute Gasteiger partial charge is 0.378 e. The van der Waals surface area contributed by atoms with Gasteiger partial charge in [-0.2, -0.15) is 0 Å². The molecule has 5 nitrogen and oxygen atoms in total. The molecule has 0 saturated carbocycles. The SMILES string of the molecule is CC[C@H](C)N1C(=O)S/C(=C\c2ccc(N3CCOCC3)cc2C)C1=O. The Morgan fingerprint density at radius 2 is 2.00 bits per heavy atom. The molecule has 1 aromatic rings. The average molecular weight is 360 g/mol. The number of hydrogen-bond donors (Lipinski definition) is 0. The number of imide groups is 1. The lowest BCUT2D eigenvalue weighted by molar-refractivity contribution is -0.124. The normalized spacial score (nSPS) is 21.3. The maximum atomic E-state index is 12.5. The van der Waals surface area contributed by atoms with E-state index in [-0.39, 0.29) is 17.2 Å². The third kappa shape index (κ3) is 3.75. The van der Waals surface area contributed by atoms with E-state index in [2.05, 4.69) is 17.0 Å². The summed E-state index contributed by atoms with van der Waals surface area (Å²) < 4.78 is 5.40. The number of anilines is 1. The van der Waals surface area contributed by atoms with Crippen molar-refractivity contribution in [3.05, 3.63) is 34.2 Å². The van der Waals surface area contributed by atoms with E-state index in [1.807, 2.05) is 32.9 Å². The highest BCUT2D eigenvalue weighted by atomic mass is 32.2. The Labute approximate surface area is 153 Å². The average Bonchev–Trinajstić information content (AvgIpc) is 2.90. The van der Waals surface area contributed by atoms with E-state index >= 15 is 0 Å². The van der Waals surface area contributed by atoms with Gasteiger partial charge in [0.15, 0.2) is 0 Å². The second kappa shape index (κ2) is 7.62. The summed E-state index contributed by atoms with van der Waals surface area (Å²) in [6.07, 6.45) is 2.60. The van der Waals surface area contributed by atoms with Crippen molar-refractivity contribution in [2.24, 2.45) is 0 Å². The Kier molecular flexibility index (Phi) is 5.49. The second-order valence-electron chi connectivity index (χ2n) is 6.45. The summed E-state index contributed by atoms with van der Waals surface area (Å²) in [7, 11) is 0. The van der Waals surface area contributed by atoms with Crippen molar-refractivity contribution >= 4 is 34.7 Å². The van der Waals surface area contributed by atoms with Crippen LogP contribution in [0.1, 0.15) is 31.4 Å². The first-order valence-corrected chi connectivity index (χ1v) is 9.53. The van der Waals surface area contributed by atoms with Gasteiger partial charge in [0.25, 0.3) is 11.1 Å². The molecule has 0 aliphatic carbocycles. The smallest absolute Gasteiger partial charge is 0.293 e. The van der Waals surface area contributed by atoms with Gasteiger partial charge in [0.05, 0.1) is 18.1 Å². The van der Waals surface area contributed by atoms with Gasteiger partial charge in [-0.15, -0.1) is 0 Å². The quantitative estimate of drug-likeness (QED) is 0.767. The van der Waals surface area contributed by atoms with Crippen LogP contribution in [0, 0.1) is 6.92 Å². The first kappa shape index (κ1) is 18.0. The molecule has 2 fully saturated rings. The maximum Gasteiger partial charge on any atom is 0.293 e. The van der Waals surface area contributed by atoms with Crippen molar-refractivity contribution in [3.8, 4) is 0 Å². The van der Waals surface area contributed by atoms with E-state index in [0.717, 1.165) is 55.6 Å². The van der Waals surface area contributed by atoms with Crippen LogP contribution in [0.3, 0.4) is 0 Å². The molecule has 0 radical (unpaired) electrons. The van der Waals surface area contributed by atoms with Crippen LogP contribution in [0.4, 0.5) is 10.5 Å². The van der Waals surface area contributed by atoms with Crippen molar-refractivity contribution in [1.82, 2.24) is 4.90 Å². The molecule has 1 aromatic carbocycles. The van der Waals surface area contributed by atoms with Gasteiger partial charge < -0.3 is 9.64 Å². The van der Waals surface area contributed by atoms with Crippen LogP contribution < -0.4 is 4.90 Å². The zero-order valence-electron chi connectivity index (χ0n) is 14.9. The maximum absolute atomic E-state index is 12.5. The van der Waals surface area contributed by atoms with E-state index in [1.165, 1.54) is 10.6 Å². The summed E-state index contributed by atoms with van der Waals surface area (Å²) in [5, 5.41) is -0.173. The molecule has 0 N–H and O–H groups in total. The molecule has 0 spiro atoms. The van der Waals surface area contributed by atoms with E-state index in [0.29, 0.717) is 4.91 Å². The van der Waals surface area contributed by atoms with Crippen molar-refractivity contribution in [3.63, 3.8) is 0 Å². The van der Waals surface area contributed by atoms with Crippen LogP contribution in [0.15, 0.2) is 23.1 Å². The number of amides is 2. The van der Waals surface area contributed by atoms with Crippen LogP contribution >= 0.6 is 11.8 Å². The van der Waals surface area contributed by atoms with Crippen molar-refractivity contribution in [1.29, 1.82) is 0 Å². The van der Waals surface area contributed by atoms with Crippen LogP contribution in [0.2, 0.25) is 0 Å². The third-order valence-electron chi connectivity index (χ3n) is 4.77. The molecule has 3 rings (SSSR count). The summed E-state index contributed by atoms with van der Waals surface area (Å²) in [5.41, 5.74) is 3.25. The Bertz CT molecular complexity index is 711. The standard InChI is InChI=1S/C19H24N2O3S/c1-4-14(3)21-18(22)17(25-19(21)23)12-15-5-6-16(11-13(15)2)20-7-9-24-10-8-20/h5-6,11-12,14H,4,7-10H2,1-3H3/b17-12-/t14-/m0/s1. The molecule has 2 aliphatic rings. The van der Waals surface area contributed by atoms with Crippen LogP contribution in [-0.2, 0) is 9.53 Å². The van der Waals surface area contributed by atoms with E-state index in [1.54, 1.807) is 0 Å². The molecule has 0 bridgehead atoms. The Hall–Kier alpha value is -1.79. The van der Waals surface area contributed by atoms with Crippen LogP contribution in [0.25, 0.3) is 6.08 Å². The van der Waals surface area contributed by atoms with Gasteiger partial charge in [-0.25, -0.2) is 0 Å². The lowest BCUT2D eigenvalue weighted by Crippen LogP contribution is -2.36. The number of benzene rings is 1. The molecule has 2 aliphatic heterocycles. The molecular formula is C19H24N2O3S. The van der Waals surface area contributed by atoms with Gasteiger partial charge in [-0.3, -0.25) is 14.5 Å². The summed E-state index contributed by atoms with van der Waals surface area (Å²) in [6.45, 7) is 9.22. The van der Waals surface area contributed by atoms with E-state index in [4.69, 9.17) is 4.74 Å². The summed E-state index contributed by atoms with van der Waals surface area (Å²) >= 11 is 1.03. The van der Waals surface area contributed by atoms with Gasteiger partial charge >= 0.3 is 0 Å². The van der Waals surface area contributed by atoms with Crippen LogP contribution in [0.5, 0.6) is 0 Å². The lowest BCUT2D eigenvalue weighted by atomic mass is 10.1. The first-order valence-electron chi connectivity index (χ1n) is 8.71. The molecule has 2 heterocycles. The Morgan fingerprint density at radius 1 is 1.28 bits per heavy atom. The fraction of sp³-hybridized carbons (Fsp3) is 0.474. The highest BCUT2D eigenvalue weighted by molar-refractivity contribution is 8.18. The fourth-order valence-corrected chi connectivity index (χ4v) is 3.94. The number of carbonyl (C=O) groups excluding carboxylic acids is 2. The van der Waals surface area contributed by atoms with Gasteiger partial charge in [0.2, 0.25) is 0 Å². The first-order chi connectivity index (χ1) is 12.0. The number of rotatable bonds is 4. The minimum Gasteiger partial charge on any atom is -0.378 e. The van der Waals surface area contributed by atoms with Gasteiger partial charge in [-0.05, 0) is 61.4 Å². The molecule has 25 heavy (non-hydrogen) atoms. The molecular weight excluding hydrogens is 336 g/mol. The summed E-state index contributed by atoms with van der Waals surface area (Å²) in [4.78, 5) is 28.9. The minimum absolute atomic E-state index is 0.0665. The van der Waals surface area contributed by atoms with Gasteiger partial charge in [0, 0.05) is 24.8 Å². The van der Waals surface area contributed by atoms with Gasteiger partial charge in [-0.1, -0.05) is 13.0 Å². The number of carbonyl (C=O) groups is 2. The summed E-state index contributed by atoms with van der Waals surface area (Å²) in [5.74, 6) is -0.180. The van der Waals surface area contributed by atoms with Crippen molar-refractivity contribution < 1.29 is 14.3 Å². The monoisotopic (exact) mass is 360 g/mol. The van der Waals surface area contributed by atoms with Crippen LogP contribution in [-0.4, -0.2) is 48.4 Å². The number of hydrogen-bond acceptors (Lipinski definition) is 5. The highest BCUT2D eigenvalue weighted by Crippen LogP contribution is 2.35. The number of nitrogens with zero attached hydrogens (tertiary/aromatic N) is 2. The molecule has 0 unspecified atom stereocenters.